The van der Waals surface area contributed by atoms with Crippen molar-refractivity contribution in [3.05, 3.63) is 85.1 Å². The van der Waals surface area contributed by atoms with Crippen molar-refractivity contribution in [2.75, 3.05) is 13.2 Å². The predicted molar refractivity (Wildman–Crippen MR) is 307 cm³/mol. The molecule has 0 N–H and O–H groups in total. The zero-order valence-corrected chi connectivity index (χ0v) is 46.7. The third-order valence-corrected chi connectivity index (χ3v) is 12.8. The minimum atomic E-state index is -0.791. The second-order valence-corrected chi connectivity index (χ2v) is 19.9. The summed E-state index contributed by atoms with van der Waals surface area (Å²) in [5.41, 5.74) is 0. The van der Waals surface area contributed by atoms with Gasteiger partial charge in [0.25, 0.3) is 0 Å². The third kappa shape index (κ3) is 57.4. The Hall–Kier alpha value is -3.41. The molecule has 0 aliphatic carbocycles. The van der Waals surface area contributed by atoms with Crippen molar-refractivity contribution < 1.29 is 28.6 Å². The van der Waals surface area contributed by atoms with Gasteiger partial charge in [0, 0.05) is 19.3 Å². The van der Waals surface area contributed by atoms with Crippen LogP contribution in [0.1, 0.15) is 290 Å². The van der Waals surface area contributed by atoms with Crippen LogP contribution < -0.4 is 0 Å². The van der Waals surface area contributed by atoms with Crippen molar-refractivity contribution in [1.82, 2.24) is 0 Å². The average molecular weight is 990 g/mol. The topological polar surface area (TPSA) is 78.9 Å². The molecule has 6 nitrogen and oxygen atoms in total. The molecule has 71 heavy (non-hydrogen) atoms. The molecule has 0 aromatic carbocycles. The van der Waals surface area contributed by atoms with Crippen LogP contribution in [0.15, 0.2) is 85.1 Å². The van der Waals surface area contributed by atoms with Crippen LogP contribution in [0.4, 0.5) is 0 Å². The number of esters is 3. The quantitative estimate of drug-likeness (QED) is 0.0261. The molecule has 0 radical (unpaired) electrons. The Bertz CT molecular complexity index is 1370. The molecule has 0 saturated heterocycles. The maximum atomic E-state index is 12.9. The van der Waals surface area contributed by atoms with Crippen molar-refractivity contribution in [1.29, 1.82) is 0 Å². The fraction of sp³-hybridized carbons (Fsp3) is 0.738. The SMILES string of the molecule is CCC/C=C\C/C=C\CCCCCCCC(=O)OCC(COC(=O)CCCCCCCC/C=C\C/C=C\C/C=C\CCCCCCC)OC(=O)CCCCCCCCCCC/C=C\C/C=C\CCCCC. The molecule has 0 spiro atoms. The number of ether oxygens (including phenoxy) is 3. The summed E-state index contributed by atoms with van der Waals surface area (Å²) in [6, 6.07) is 0. The molecule has 408 valence electrons. The molecule has 1 atom stereocenters. The van der Waals surface area contributed by atoms with Crippen molar-refractivity contribution >= 4 is 17.9 Å². The van der Waals surface area contributed by atoms with Gasteiger partial charge in [0.05, 0.1) is 0 Å². The van der Waals surface area contributed by atoms with E-state index in [1.807, 2.05) is 0 Å². The minimum Gasteiger partial charge on any atom is -0.462 e. The first-order valence-corrected chi connectivity index (χ1v) is 30.1. The highest BCUT2D eigenvalue weighted by Crippen LogP contribution is 2.15. The zero-order chi connectivity index (χ0) is 51.4. The lowest BCUT2D eigenvalue weighted by atomic mass is 10.1. The summed E-state index contributed by atoms with van der Waals surface area (Å²) in [5, 5.41) is 0. The third-order valence-electron chi connectivity index (χ3n) is 12.8. The van der Waals surface area contributed by atoms with Gasteiger partial charge in [-0.2, -0.15) is 0 Å². The van der Waals surface area contributed by atoms with Gasteiger partial charge in [-0.25, -0.2) is 0 Å². The number of rotatable bonds is 54. The zero-order valence-electron chi connectivity index (χ0n) is 46.7. The van der Waals surface area contributed by atoms with Gasteiger partial charge in [-0.15, -0.1) is 0 Å². The number of carbonyl (C=O) groups is 3. The molecular formula is C65H112O6. The van der Waals surface area contributed by atoms with Gasteiger partial charge in [-0.05, 0) is 116 Å². The van der Waals surface area contributed by atoms with Gasteiger partial charge in [0.2, 0.25) is 0 Å². The Kier molecular flexibility index (Phi) is 56.3. The predicted octanol–water partition coefficient (Wildman–Crippen LogP) is 20.3. The molecule has 6 heteroatoms. The van der Waals surface area contributed by atoms with E-state index in [4.69, 9.17) is 14.2 Å². The van der Waals surface area contributed by atoms with Crippen LogP contribution in [-0.4, -0.2) is 37.2 Å². The first kappa shape index (κ1) is 67.6. The van der Waals surface area contributed by atoms with Crippen LogP contribution in [-0.2, 0) is 28.6 Å². The Morgan fingerprint density at radius 3 is 0.873 bits per heavy atom. The van der Waals surface area contributed by atoms with E-state index in [0.29, 0.717) is 19.3 Å². The highest BCUT2D eigenvalue weighted by molar-refractivity contribution is 5.71. The van der Waals surface area contributed by atoms with Crippen molar-refractivity contribution in [3.8, 4) is 0 Å². The number of hydrogen-bond donors (Lipinski definition) is 0. The molecule has 0 heterocycles. The summed E-state index contributed by atoms with van der Waals surface area (Å²) in [7, 11) is 0. The summed E-state index contributed by atoms with van der Waals surface area (Å²) in [6.07, 6.45) is 77.1. The Balaban J connectivity index is 4.39. The van der Waals surface area contributed by atoms with Crippen molar-refractivity contribution in [3.63, 3.8) is 0 Å². The van der Waals surface area contributed by atoms with Gasteiger partial charge in [-0.3, -0.25) is 14.4 Å². The van der Waals surface area contributed by atoms with E-state index >= 15 is 0 Å². The molecule has 0 bridgehead atoms. The van der Waals surface area contributed by atoms with E-state index in [0.717, 1.165) is 116 Å². The first-order chi connectivity index (χ1) is 35.0. The number of hydrogen-bond acceptors (Lipinski definition) is 6. The fourth-order valence-corrected chi connectivity index (χ4v) is 8.28. The smallest absolute Gasteiger partial charge is 0.306 e. The summed E-state index contributed by atoms with van der Waals surface area (Å²) >= 11 is 0. The minimum absolute atomic E-state index is 0.0895. The van der Waals surface area contributed by atoms with Crippen molar-refractivity contribution in [2.24, 2.45) is 0 Å². The molecule has 0 fully saturated rings. The summed E-state index contributed by atoms with van der Waals surface area (Å²) < 4.78 is 16.9. The maximum Gasteiger partial charge on any atom is 0.306 e. The molecule has 0 amide bonds. The molecule has 0 aromatic rings. The molecule has 0 aliphatic rings. The van der Waals surface area contributed by atoms with Gasteiger partial charge >= 0.3 is 17.9 Å². The first-order valence-electron chi connectivity index (χ1n) is 30.1. The molecular weight excluding hydrogens is 877 g/mol. The fourth-order valence-electron chi connectivity index (χ4n) is 8.28. The van der Waals surface area contributed by atoms with Crippen LogP contribution in [0, 0.1) is 0 Å². The largest absolute Gasteiger partial charge is 0.462 e. The molecule has 0 aliphatic heterocycles. The van der Waals surface area contributed by atoms with Gasteiger partial charge in [0.15, 0.2) is 6.10 Å². The standard InChI is InChI=1S/C65H112O6/c1-4-7-10-13-16-19-22-25-27-29-31-32-34-35-37-40-43-46-49-52-55-58-64(67)70-61-62(60-69-63(66)57-54-51-48-45-42-39-24-21-18-15-12-9-6-3)71-65(68)59-56-53-50-47-44-41-38-36-33-30-28-26-23-20-17-14-11-8-5-2/h12,15,17,20-22,24-26,28-29,31,34-35,62H,4-11,13-14,16,18-19,23,27,30,32-33,36-61H2,1-3H3/b15-12-,20-17-,24-21-,25-22-,28-26-,31-29-,35-34-. The highest BCUT2D eigenvalue weighted by atomic mass is 16.6. The number of carbonyl (C=O) groups excluding carboxylic acids is 3. The van der Waals surface area contributed by atoms with Crippen molar-refractivity contribution in [2.45, 2.75) is 297 Å². The van der Waals surface area contributed by atoms with E-state index in [-0.39, 0.29) is 31.1 Å². The monoisotopic (exact) mass is 989 g/mol. The lowest BCUT2D eigenvalue weighted by Crippen LogP contribution is -2.30. The van der Waals surface area contributed by atoms with Crippen LogP contribution in [0.2, 0.25) is 0 Å². The Morgan fingerprint density at radius 1 is 0.282 bits per heavy atom. The normalized spacial score (nSPS) is 12.7. The van der Waals surface area contributed by atoms with Gasteiger partial charge in [0.1, 0.15) is 13.2 Å². The van der Waals surface area contributed by atoms with Gasteiger partial charge in [-0.1, -0.05) is 241 Å². The van der Waals surface area contributed by atoms with E-state index in [9.17, 15) is 14.4 Å². The van der Waals surface area contributed by atoms with Gasteiger partial charge < -0.3 is 14.2 Å². The molecule has 0 aromatic heterocycles. The maximum absolute atomic E-state index is 12.9. The molecule has 0 saturated carbocycles. The van der Waals surface area contributed by atoms with E-state index in [1.54, 1.807) is 0 Å². The second kappa shape index (κ2) is 59.2. The highest BCUT2D eigenvalue weighted by Gasteiger charge is 2.19. The Labute approximate surface area is 439 Å². The Morgan fingerprint density at radius 2 is 0.535 bits per heavy atom. The van der Waals surface area contributed by atoms with E-state index < -0.39 is 6.10 Å². The number of unbranched alkanes of at least 4 members (excludes halogenated alkanes) is 29. The summed E-state index contributed by atoms with van der Waals surface area (Å²) in [5.74, 6) is -0.912. The van der Waals surface area contributed by atoms with Crippen LogP contribution in [0.25, 0.3) is 0 Å². The number of allylic oxidation sites excluding steroid dienone is 14. The second-order valence-electron chi connectivity index (χ2n) is 19.9. The molecule has 0 rings (SSSR count). The summed E-state index contributed by atoms with van der Waals surface area (Å²) in [4.78, 5) is 38.2. The average Bonchev–Trinajstić information content (AvgIpc) is 3.37. The van der Waals surface area contributed by atoms with E-state index in [2.05, 4.69) is 106 Å². The van der Waals surface area contributed by atoms with Crippen LogP contribution in [0.5, 0.6) is 0 Å². The molecule has 1 unspecified atom stereocenters. The lowest BCUT2D eigenvalue weighted by Gasteiger charge is -2.18. The van der Waals surface area contributed by atoms with Crippen LogP contribution >= 0.6 is 0 Å². The lowest BCUT2D eigenvalue weighted by molar-refractivity contribution is -0.167. The van der Waals surface area contributed by atoms with E-state index in [1.165, 1.54) is 135 Å². The summed E-state index contributed by atoms with van der Waals surface area (Å²) in [6.45, 7) is 6.53. The van der Waals surface area contributed by atoms with Crippen LogP contribution in [0.3, 0.4) is 0 Å².